The smallest absolute Gasteiger partial charge is 0.259 e. The van der Waals surface area contributed by atoms with Gasteiger partial charge >= 0.3 is 0 Å². The van der Waals surface area contributed by atoms with Crippen LogP contribution in [-0.2, 0) is 27.0 Å². The molecule has 0 amide bonds. The number of rotatable bonds is 8. The van der Waals surface area contributed by atoms with Crippen molar-refractivity contribution < 1.29 is 22.7 Å². The van der Waals surface area contributed by atoms with Crippen molar-refractivity contribution in [2.24, 2.45) is 15.5 Å². The quantitative estimate of drug-likeness (QED) is 0.690. The molecule has 3 rings (SSSR count). The van der Waals surface area contributed by atoms with Crippen LogP contribution >= 0.6 is 0 Å². The first-order valence-corrected chi connectivity index (χ1v) is 11.2. The molecule has 160 valence electrons. The highest BCUT2D eigenvalue weighted by Gasteiger charge is 2.30. The van der Waals surface area contributed by atoms with E-state index < -0.39 is 15.4 Å². The van der Waals surface area contributed by atoms with Gasteiger partial charge in [-0.15, -0.1) is 4.40 Å². The third-order valence-corrected chi connectivity index (χ3v) is 6.24. The number of nitrogens with two attached hydrogens (primary N) is 1. The predicted molar refractivity (Wildman–Crippen MR) is 115 cm³/mol. The van der Waals surface area contributed by atoms with Crippen LogP contribution in [0.15, 0.2) is 46.9 Å². The maximum absolute atomic E-state index is 12.8. The van der Waals surface area contributed by atoms with Gasteiger partial charge in [0.1, 0.15) is 29.7 Å². The minimum Gasteiger partial charge on any atom is -0.497 e. The summed E-state index contributed by atoms with van der Waals surface area (Å²) in [6.45, 7) is 3.81. The lowest BCUT2D eigenvalue weighted by Gasteiger charge is -2.25. The predicted octanol–water partition coefficient (Wildman–Crippen LogP) is 2.85. The van der Waals surface area contributed by atoms with Crippen molar-refractivity contribution in [1.82, 2.24) is 0 Å². The van der Waals surface area contributed by atoms with Gasteiger partial charge in [-0.2, -0.15) is 0 Å². The third kappa shape index (κ3) is 4.99. The minimum absolute atomic E-state index is 0.0762. The largest absolute Gasteiger partial charge is 0.497 e. The fraction of sp³-hybridized carbons (Fsp3) is 0.364. The highest BCUT2D eigenvalue weighted by molar-refractivity contribution is 7.89. The molecule has 0 atom stereocenters. The molecular weight excluding hydrogens is 404 g/mol. The van der Waals surface area contributed by atoms with Crippen LogP contribution in [0.5, 0.6) is 11.5 Å². The molecule has 7 nitrogen and oxygen atoms in total. The number of hydrogen-bond donors (Lipinski definition) is 1. The third-order valence-electron chi connectivity index (χ3n) is 5.09. The number of methoxy groups -OCH3 is 1. The van der Waals surface area contributed by atoms with Gasteiger partial charge in [-0.1, -0.05) is 24.3 Å². The zero-order valence-corrected chi connectivity index (χ0v) is 18.2. The molecule has 2 aromatic carbocycles. The second kappa shape index (κ2) is 8.47. The zero-order valence-electron chi connectivity index (χ0n) is 17.3. The Morgan fingerprint density at radius 2 is 1.87 bits per heavy atom. The van der Waals surface area contributed by atoms with Crippen molar-refractivity contribution >= 4 is 21.6 Å². The topological polar surface area (TPSA) is 108 Å². The number of sulfonamides is 1. The molecule has 1 aliphatic heterocycles. The molecule has 0 bridgehead atoms. The highest BCUT2D eigenvalue weighted by Crippen LogP contribution is 2.30. The number of aryl methyl sites for hydroxylation is 1. The van der Waals surface area contributed by atoms with Crippen LogP contribution in [0.2, 0.25) is 0 Å². The first-order valence-electron chi connectivity index (χ1n) is 9.61. The van der Waals surface area contributed by atoms with Crippen molar-refractivity contribution in [3.63, 3.8) is 0 Å². The number of benzene rings is 2. The molecule has 0 unspecified atom stereocenters. The van der Waals surface area contributed by atoms with Crippen LogP contribution in [0.25, 0.3) is 0 Å². The molecule has 0 fully saturated rings. The lowest BCUT2D eigenvalue weighted by Crippen LogP contribution is -2.32. The lowest BCUT2D eigenvalue weighted by atomic mass is 9.86. The molecule has 0 aromatic heterocycles. The standard InChI is InChI=1S/C22H26N2O5S/c1-22(2,19(25)12-9-15-7-10-17(28-3)11-8-15)14-29-18-6-4-5-16-13-30(26,27)24-21(23)20(16)18/h4-8,10-11H,9,12-14H2,1-3H3,(H2,23,24). The number of carbonyl (C=O) groups is 1. The molecule has 0 saturated carbocycles. The van der Waals surface area contributed by atoms with Gasteiger partial charge < -0.3 is 15.2 Å². The normalized spacial score (nSPS) is 15.1. The van der Waals surface area contributed by atoms with Crippen LogP contribution in [0.4, 0.5) is 0 Å². The summed E-state index contributed by atoms with van der Waals surface area (Å²) in [6.07, 6.45) is 1.02. The highest BCUT2D eigenvalue weighted by atomic mass is 32.2. The fourth-order valence-electron chi connectivity index (χ4n) is 3.26. The Labute approximate surface area is 177 Å². The van der Waals surface area contributed by atoms with Gasteiger partial charge in [-0.25, -0.2) is 8.42 Å². The zero-order chi connectivity index (χ0) is 21.9. The van der Waals surface area contributed by atoms with E-state index in [-0.39, 0.29) is 24.0 Å². The molecule has 2 aromatic rings. The molecule has 0 aliphatic carbocycles. The maximum atomic E-state index is 12.8. The summed E-state index contributed by atoms with van der Waals surface area (Å²) in [5.41, 5.74) is 7.23. The Morgan fingerprint density at radius 3 is 2.53 bits per heavy atom. The van der Waals surface area contributed by atoms with Crippen LogP contribution < -0.4 is 15.2 Å². The van der Waals surface area contributed by atoms with E-state index in [9.17, 15) is 13.2 Å². The summed E-state index contributed by atoms with van der Waals surface area (Å²) >= 11 is 0. The van der Waals surface area contributed by atoms with Crippen LogP contribution in [0.3, 0.4) is 0 Å². The first kappa shape index (κ1) is 21.8. The van der Waals surface area contributed by atoms with Crippen LogP contribution in [0.1, 0.15) is 37.0 Å². The van der Waals surface area contributed by atoms with E-state index in [1.807, 2.05) is 38.1 Å². The monoisotopic (exact) mass is 430 g/mol. The molecule has 1 aliphatic rings. The van der Waals surface area contributed by atoms with Crippen LogP contribution in [-0.4, -0.2) is 33.8 Å². The minimum atomic E-state index is -3.61. The second-order valence-corrected chi connectivity index (χ2v) is 9.57. The van der Waals surface area contributed by atoms with E-state index in [0.29, 0.717) is 29.7 Å². The van der Waals surface area contributed by atoms with E-state index in [4.69, 9.17) is 15.2 Å². The van der Waals surface area contributed by atoms with Crippen LogP contribution in [0, 0.1) is 5.41 Å². The number of ether oxygens (including phenoxy) is 2. The van der Waals surface area contributed by atoms with Crippen molar-refractivity contribution in [3.05, 3.63) is 59.2 Å². The SMILES string of the molecule is COc1ccc(CCC(=O)C(C)(C)COc2cccc3c2C(N)=NS(=O)(=O)C3)cc1. The Kier molecular flexibility index (Phi) is 6.17. The van der Waals surface area contributed by atoms with Crippen molar-refractivity contribution in [3.8, 4) is 11.5 Å². The number of nitrogens with zero attached hydrogens (tertiary/aromatic N) is 1. The summed E-state index contributed by atoms with van der Waals surface area (Å²) in [7, 11) is -2.00. The molecule has 30 heavy (non-hydrogen) atoms. The van der Waals surface area contributed by atoms with Crippen molar-refractivity contribution in [1.29, 1.82) is 0 Å². The Hall–Kier alpha value is -2.87. The summed E-state index contributed by atoms with van der Waals surface area (Å²) in [5, 5.41) is 0. The Bertz CT molecular complexity index is 1070. The average molecular weight is 431 g/mol. The van der Waals surface area contributed by atoms with E-state index in [1.54, 1.807) is 25.3 Å². The number of amidine groups is 1. The maximum Gasteiger partial charge on any atom is 0.259 e. The molecule has 0 radical (unpaired) electrons. The van der Waals surface area contributed by atoms with Gasteiger partial charge in [-0.3, -0.25) is 4.79 Å². The number of fused-ring (bicyclic) bond motifs is 1. The van der Waals surface area contributed by atoms with E-state index in [0.717, 1.165) is 11.3 Å². The van der Waals surface area contributed by atoms with Gasteiger partial charge in [-0.05, 0) is 49.6 Å². The average Bonchev–Trinajstić information content (AvgIpc) is 2.69. The van der Waals surface area contributed by atoms with E-state index in [2.05, 4.69) is 4.40 Å². The fourth-order valence-corrected chi connectivity index (χ4v) is 4.35. The molecule has 8 heteroatoms. The summed E-state index contributed by atoms with van der Waals surface area (Å²) in [6, 6.07) is 12.7. The van der Waals surface area contributed by atoms with Gasteiger partial charge in [0.05, 0.1) is 23.8 Å². The lowest BCUT2D eigenvalue weighted by molar-refractivity contribution is -0.128. The Balaban J connectivity index is 1.65. The van der Waals surface area contributed by atoms with Gasteiger partial charge in [0.25, 0.3) is 10.0 Å². The number of Topliss-reactive ketones (excluding diaryl/α,β-unsaturated/α-hetero) is 1. The summed E-state index contributed by atoms with van der Waals surface area (Å²) < 4.78 is 38.3. The summed E-state index contributed by atoms with van der Waals surface area (Å²) in [4.78, 5) is 12.8. The first-order chi connectivity index (χ1) is 14.1. The van der Waals surface area contributed by atoms with Gasteiger partial charge in [0.2, 0.25) is 0 Å². The molecule has 2 N–H and O–H groups in total. The number of carbonyl (C=O) groups excluding carboxylic acids is 1. The van der Waals surface area contributed by atoms with E-state index >= 15 is 0 Å². The molecule has 0 saturated heterocycles. The molecule has 1 heterocycles. The second-order valence-electron chi connectivity index (χ2n) is 7.94. The van der Waals surface area contributed by atoms with Crippen molar-refractivity contribution in [2.45, 2.75) is 32.4 Å². The van der Waals surface area contributed by atoms with Crippen molar-refractivity contribution in [2.75, 3.05) is 13.7 Å². The molecular formula is C22H26N2O5S. The van der Waals surface area contributed by atoms with E-state index in [1.165, 1.54) is 0 Å². The number of ketones is 1. The van der Waals surface area contributed by atoms with Gasteiger partial charge in [0.15, 0.2) is 0 Å². The Morgan fingerprint density at radius 1 is 1.17 bits per heavy atom. The number of hydrogen-bond acceptors (Lipinski definition) is 6. The molecule has 0 spiro atoms. The van der Waals surface area contributed by atoms with Gasteiger partial charge in [0, 0.05) is 6.42 Å². The summed E-state index contributed by atoms with van der Waals surface area (Å²) in [5.74, 6) is 0.979.